The number of benzene rings is 1. The Hall–Kier alpha value is -1.22. The van der Waals surface area contributed by atoms with E-state index in [2.05, 4.69) is 0 Å². The standard InChI is InChI=1S/C15H19NO4S3/c1-4-16(11-13-6-5-9-21-13)23(19,20)15-10-14(22(3,17)18)8-7-12(15)2/h5-10H,4,11H2,1-3H3. The maximum Gasteiger partial charge on any atom is 0.243 e. The van der Waals surface area contributed by atoms with E-state index in [0.717, 1.165) is 11.1 Å². The number of thiophene rings is 1. The van der Waals surface area contributed by atoms with Crippen LogP contribution in [0.3, 0.4) is 0 Å². The molecule has 5 nitrogen and oxygen atoms in total. The summed E-state index contributed by atoms with van der Waals surface area (Å²) in [5.41, 5.74) is 0.530. The second-order valence-corrected chi connectivity index (χ2v) is 10.2. The van der Waals surface area contributed by atoms with Gasteiger partial charge in [-0.15, -0.1) is 11.3 Å². The van der Waals surface area contributed by atoms with Gasteiger partial charge >= 0.3 is 0 Å². The molecule has 2 aromatic rings. The Morgan fingerprint density at radius 3 is 2.35 bits per heavy atom. The lowest BCUT2D eigenvalue weighted by Crippen LogP contribution is -2.30. The van der Waals surface area contributed by atoms with Gasteiger partial charge in [0.2, 0.25) is 10.0 Å². The van der Waals surface area contributed by atoms with Crippen LogP contribution in [-0.2, 0) is 26.4 Å². The zero-order valence-corrected chi connectivity index (χ0v) is 15.6. The summed E-state index contributed by atoms with van der Waals surface area (Å²) in [5.74, 6) is 0. The molecule has 23 heavy (non-hydrogen) atoms. The number of hydrogen-bond acceptors (Lipinski definition) is 5. The van der Waals surface area contributed by atoms with E-state index in [1.807, 2.05) is 17.5 Å². The van der Waals surface area contributed by atoms with E-state index in [4.69, 9.17) is 0 Å². The lowest BCUT2D eigenvalue weighted by Gasteiger charge is -2.21. The molecule has 0 spiro atoms. The Bertz CT molecular complexity index is 885. The number of sulfone groups is 1. The van der Waals surface area contributed by atoms with Gasteiger partial charge in [-0.3, -0.25) is 0 Å². The Labute approximate surface area is 141 Å². The Morgan fingerprint density at radius 2 is 1.83 bits per heavy atom. The quantitative estimate of drug-likeness (QED) is 0.780. The van der Waals surface area contributed by atoms with Crippen LogP contribution in [0.4, 0.5) is 0 Å². The maximum absolute atomic E-state index is 12.9. The van der Waals surface area contributed by atoms with E-state index in [1.54, 1.807) is 13.8 Å². The average Bonchev–Trinajstić information content (AvgIpc) is 2.96. The van der Waals surface area contributed by atoms with Crippen molar-refractivity contribution in [2.75, 3.05) is 12.8 Å². The van der Waals surface area contributed by atoms with Crippen LogP contribution >= 0.6 is 11.3 Å². The molecule has 1 aromatic carbocycles. The third kappa shape index (κ3) is 4.00. The molecule has 8 heteroatoms. The van der Waals surface area contributed by atoms with Crippen LogP contribution < -0.4 is 0 Å². The van der Waals surface area contributed by atoms with Crippen molar-refractivity contribution in [1.82, 2.24) is 4.31 Å². The second kappa shape index (κ2) is 6.72. The highest BCUT2D eigenvalue weighted by Crippen LogP contribution is 2.25. The van der Waals surface area contributed by atoms with Crippen molar-refractivity contribution in [3.05, 3.63) is 46.2 Å². The van der Waals surface area contributed by atoms with Gasteiger partial charge < -0.3 is 0 Å². The fourth-order valence-electron chi connectivity index (χ4n) is 2.17. The van der Waals surface area contributed by atoms with Crippen LogP contribution in [0, 0.1) is 6.92 Å². The van der Waals surface area contributed by atoms with Crippen LogP contribution in [0.5, 0.6) is 0 Å². The molecule has 0 unspecified atom stereocenters. The SMILES string of the molecule is CCN(Cc1cccs1)S(=O)(=O)c1cc(S(C)(=O)=O)ccc1C. The number of aryl methyl sites for hydroxylation is 1. The summed E-state index contributed by atoms with van der Waals surface area (Å²) < 4.78 is 50.6. The van der Waals surface area contributed by atoms with Crippen molar-refractivity contribution in [1.29, 1.82) is 0 Å². The van der Waals surface area contributed by atoms with Crippen molar-refractivity contribution in [3.63, 3.8) is 0 Å². The lowest BCUT2D eigenvalue weighted by atomic mass is 10.2. The summed E-state index contributed by atoms with van der Waals surface area (Å²) in [6, 6.07) is 7.96. The molecule has 0 N–H and O–H groups in total. The van der Waals surface area contributed by atoms with Crippen molar-refractivity contribution >= 4 is 31.2 Å². The Balaban J connectivity index is 2.49. The first kappa shape index (κ1) is 18.1. The van der Waals surface area contributed by atoms with Gasteiger partial charge in [0.25, 0.3) is 0 Å². The van der Waals surface area contributed by atoms with Crippen LogP contribution in [0.25, 0.3) is 0 Å². The summed E-state index contributed by atoms with van der Waals surface area (Å²) >= 11 is 1.49. The molecule has 1 aromatic heterocycles. The van der Waals surface area contributed by atoms with Gasteiger partial charge in [-0.2, -0.15) is 4.31 Å². The second-order valence-electron chi connectivity index (χ2n) is 5.21. The van der Waals surface area contributed by atoms with E-state index < -0.39 is 19.9 Å². The van der Waals surface area contributed by atoms with Gasteiger partial charge in [0.05, 0.1) is 9.79 Å². The fourth-order valence-corrected chi connectivity index (χ4v) is 5.37. The zero-order chi connectivity index (χ0) is 17.3. The summed E-state index contributed by atoms with van der Waals surface area (Å²) in [6.45, 7) is 4.01. The third-order valence-corrected chi connectivity index (χ3v) is 7.50. The maximum atomic E-state index is 12.9. The molecule has 126 valence electrons. The van der Waals surface area contributed by atoms with E-state index in [1.165, 1.54) is 33.8 Å². The smallest absolute Gasteiger partial charge is 0.224 e. The number of hydrogen-bond donors (Lipinski definition) is 0. The van der Waals surface area contributed by atoms with Crippen LogP contribution in [0.1, 0.15) is 17.4 Å². The summed E-state index contributed by atoms with van der Waals surface area (Å²) in [4.78, 5) is 0.986. The molecule has 0 aliphatic rings. The average molecular weight is 374 g/mol. The number of nitrogens with zero attached hydrogens (tertiary/aromatic N) is 1. The van der Waals surface area contributed by atoms with Crippen LogP contribution in [0.2, 0.25) is 0 Å². The highest BCUT2D eigenvalue weighted by Gasteiger charge is 2.26. The van der Waals surface area contributed by atoms with Crippen molar-refractivity contribution < 1.29 is 16.8 Å². The summed E-state index contributed by atoms with van der Waals surface area (Å²) in [5, 5.41) is 1.89. The molecule has 0 aliphatic carbocycles. The lowest BCUT2D eigenvalue weighted by molar-refractivity contribution is 0.426. The van der Waals surface area contributed by atoms with Gasteiger partial charge in [-0.25, -0.2) is 16.8 Å². The molecule has 0 saturated heterocycles. The van der Waals surface area contributed by atoms with Gasteiger partial charge in [-0.05, 0) is 36.1 Å². The van der Waals surface area contributed by atoms with E-state index in [0.29, 0.717) is 12.1 Å². The first-order chi connectivity index (χ1) is 10.7. The topological polar surface area (TPSA) is 71.5 Å². The van der Waals surface area contributed by atoms with Crippen LogP contribution in [-0.4, -0.2) is 33.9 Å². The minimum absolute atomic E-state index is 0.00820. The third-order valence-electron chi connectivity index (χ3n) is 3.47. The normalized spacial score (nSPS) is 12.7. The predicted octanol–water partition coefficient (Wildman–Crippen LogP) is 2.67. The minimum atomic E-state index is -3.77. The molecule has 0 aliphatic heterocycles. The van der Waals surface area contributed by atoms with Crippen molar-refractivity contribution in [3.8, 4) is 0 Å². The molecule has 0 atom stereocenters. The minimum Gasteiger partial charge on any atom is -0.224 e. The monoisotopic (exact) mass is 373 g/mol. The number of sulfonamides is 1. The molecule has 2 rings (SSSR count). The first-order valence-corrected chi connectivity index (χ1v) is 11.2. The fraction of sp³-hybridized carbons (Fsp3) is 0.333. The number of rotatable bonds is 6. The van der Waals surface area contributed by atoms with E-state index >= 15 is 0 Å². The zero-order valence-electron chi connectivity index (χ0n) is 13.2. The van der Waals surface area contributed by atoms with E-state index in [-0.39, 0.29) is 16.3 Å². The van der Waals surface area contributed by atoms with E-state index in [9.17, 15) is 16.8 Å². The highest BCUT2D eigenvalue weighted by atomic mass is 32.2. The van der Waals surface area contributed by atoms with Gasteiger partial charge in [0, 0.05) is 24.2 Å². The molecule has 0 fully saturated rings. The first-order valence-electron chi connectivity index (χ1n) is 6.99. The van der Waals surface area contributed by atoms with Crippen LogP contribution in [0.15, 0.2) is 45.5 Å². The molecule has 0 radical (unpaired) electrons. The molecule has 0 saturated carbocycles. The highest BCUT2D eigenvalue weighted by molar-refractivity contribution is 7.91. The van der Waals surface area contributed by atoms with Gasteiger partial charge in [0.15, 0.2) is 9.84 Å². The molecule has 1 heterocycles. The molecule has 0 amide bonds. The van der Waals surface area contributed by atoms with Gasteiger partial charge in [-0.1, -0.05) is 19.1 Å². The van der Waals surface area contributed by atoms with Crippen molar-refractivity contribution in [2.45, 2.75) is 30.2 Å². The molecular formula is C15H19NO4S3. The predicted molar refractivity (Wildman–Crippen MR) is 91.9 cm³/mol. The van der Waals surface area contributed by atoms with Crippen molar-refractivity contribution in [2.24, 2.45) is 0 Å². The Kier molecular flexibility index (Phi) is 5.30. The largest absolute Gasteiger partial charge is 0.243 e. The summed E-state index contributed by atoms with van der Waals surface area (Å²) in [6.07, 6.45) is 1.07. The molecule has 0 bridgehead atoms. The van der Waals surface area contributed by atoms with Gasteiger partial charge in [0.1, 0.15) is 0 Å². The molecular weight excluding hydrogens is 354 g/mol. The Morgan fingerprint density at radius 1 is 1.13 bits per heavy atom. The summed E-state index contributed by atoms with van der Waals surface area (Å²) in [7, 11) is -7.23.